The van der Waals surface area contributed by atoms with Crippen molar-refractivity contribution in [1.82, 2.24) is 4.37 Å². The molecular weight excluding hydrogens is 295 g/mol. The van der Waals surface area contributed by atoms with Gasteiger partial charge in [-0.3, -0.25) is 13.8 Å². The van der Waals surface area contributed by atoms with Crippen LogP contribution in [0.5, 0.6) is 5.88 Å². The Morgan fingerprint density at radius 2 is 2.00 bits per heavy atom. The summed E-state index contributed by atoms with van der Waals surface area (Å²) in [4.78, 5) is 12.0. The molecule has 1 heterocycles. The molecule has 1 aromatic heterocycles. The molecule has 6 nitrogen and oxygen atoms in total. The second-order valence-corrected chi connectivity index (χ2v) is 7.07. The van der Waals surface area contributed by atoms with Crippen LogP contribution in [0.3, 0.4) is 0 Å². The molecule has 1 rings (SSSR count). The third-order valence-electron chi connectivity index (χ3n) is 1.85. The monoisotopic (exact) mass is 310 g/mol. The Labute approximate surface area is 115 Å². The molecular formula is C9H15N2O4PS2. The van der Waals surface area contributed by atoms with E-state index in [0.717, 1.165) is 11.5 Å². The van der Waals surface area contributed by atoms with Crippen molar-refractivity contribution in [3.05, 3.63) is 10.4 Å². The number of primary amides is 1. The van der Waals surface area contributed by atoms with Crippen LogP contribution in [0.1, 0.15) is 29.1 Å². The highest BCUT2D eigenvalue weighted by atomic mass is 32.5. The highest BCUT2D eigenvalue weighted by Crippen LogP contribution is 2.50. The predicted molar refractivity (Wildman–Crippen MR) is 73.5 cm³/mol. The first-order valence-electron chi connectivity index (χ1n) is 5.28. The molecule has 0 aliphatic heterocycles. The van der Waals surface area contributed by atoms with Gasteiger partial charge in [0.2, 0.25) is 5.88 Å². The highest BCUT2D eigenvalue weighted by Gasteiger charge is 2.27. The normalized spacial score (nSPS) is 11.5. The number of nitrogens with zero attached hydrogens (tertiary/aromatic N) is 1. The van der Waals surface area contributed by atoms with Gasteiger partial charge in [-0.2, -0.15) is 4.37 Å². The first kappa shape index (κ1) is 15.5. The average Bonchev–Trinajstić information content (AvgIpc) is 2.59. The van der Waals surface area contributed by atoms with Gasteiger partial charge >= 0.3 is 6.72 Å². The minimum atomic E-state index is -2.92. The summed E-state index contributed by atoms with van der Waals surface area (Å²) in [5.74, 6) is -0.513. The standard InChI is InChI=1S/C9H15N2O4PS2/c1-4-13-16(17,14-5-2)15-9-7(8(10)12)6(3)18-11-9/h4-5H2,1-3H3,(H2,10,12). The van der Waals surface area contributed by atoms with Gasteiger partial charge in [0.15, 0.2) is 0 Å². The van der Waals surface area contributed by atoms with Crippen LogP contribution in [0.25, 0.3) is 0 Å². The number of hydrogen-bond donors (Lipinski definition) is 1. The molecule has 0 radical (unpaired) electrons. The van der Waals surface area contributed by atoms with Crippen molar-refractivity contribution < 1.29 is 18.4 Å². The van der Waals surface area contributed by atoms with Crippen LogP contribution in [0, 0.1) is 6.92 Å². The summed E-state index contributed by atoms with van der Waals surface area (Å²) in [7, 11) is 0. The minimum absolute atomic E-state index is 0.0928. The van der Waals surface area contributed by atoms with E-state index in [1.54, 1.807) is 20.8 Å². The molecule has 1 aromatic rings. The average molecular weight is 310 g/mol. The van der Waals surface area contributed by atoms with Gasteiger partial charge in [0.05, 0.1) is 13.2 Å². The van der Waals surface area contributed by atoms with Crippen molar-refractivity contribution in [2.24, 2.45) is 5.73 Å². The van der Waals surface area contributed by atoms with Crippen LogP contribution >= 0.6 is 18.3 Å². The van der Waals surface area contributed by atoms with E-state index in [1.807, 2.05) is 0 Å². The van der Waals surface area contributed by atoms with E-state index in [2.05, 4.69) is 4.37 Å². The van der Waals surface area contributed by atoms with Crippen LogP contribution in [0.15, 0.2) is 0 Å². The van der Waals surface area contributed by atoms with Crippen LogP contribution in [-0.4, -0.2) is 23.5 Å². The van der Waals surface area contributed by atoms with Gasteiger partial charge in [0, 0.05) is 16.7 Å². The SMILES string of the molecule is CCOP(=S)(OCC)Oc1nsc(C)c1C(N)=O. The molecule has 0 bridgehead atoms. The maximum Gasteiger partial charge on any atom is 0.381 e. The molecule has 0 aromatic carbocycles. The van der Waals surface area contributed by atoms with E-state index in [-0.39, 0.29) is 11.4 Å². The third-order valence-corrected chi connectivity index (χ3v) is 4.99. The fraction of sp³-hybridized carbons (Fsp3) is 0.556. The Bertz CT molecular complexity index is 467. The number of amides is 1. The van der Waals surface area contributed by atoms with E-state index >= 15 is 0 Å². The molecule has 9 heteroatoms. The lowest BCUT2D eigenvalue weighted by Gasteiger charge is -2.19. The number of aromatic nitrogens is 1. The fourth-order valence-electron chi connectivity index (χ4n) is 1.21. The Hall–Kier alpha value is -0.530. The molecule has 2 N–H and O–H groups in total. The maximum atomic E-state index is 11.3. The molecule has 0 spiro atoms. The Kier molecular flexibility index (Phi) is 5.68. The lowest BCUT2D eigenvalue weighted by atomic mass is 10.3. The zero-order chi connectivity index (χ0) is 13.8. The van der Waals surface area contributed by atoms with Crippen LogP contribution < -0.4 is 10.3 Å². The van der Waals surface area contributed by atoms with E-state index in [9.17, 15) is 4.79 Å². The zero-order valence-corrected chi connectivity index (χ0v) is 12.9. The molecule has 0 aliphatic carbocycles. The van der Waals surface area contributed by atoms with Crippen LogP contribution in [0.4, 0.5) is 0 Å². The summed E-state index contributed by atoms with van der Waals surface area (Å²) in [6, 6.07) is 0. The molecule has 0 atom stereocenters. The van der Waals surface area contributed by atoms with E-state index in [0.29, 0.717) is 18.1 Å². The Morgan fingerprint density at radius 1 is 1.44 bits per heavy atom. The number of carbonyl (C=O) groups excluding carboxylic acids is 1. The van der Waals surface area contributed by atoms with Crippen molar-refractivity contribution in [2.75, 3.05) is 13.2 Å². The molecule has 0 saturated carbocycles. The summed E-state index contributed by atoms with van der Waals surface area (Å²) in [5.41, 5.74) is 5.50. The van der Waals surface area contributed by atoms with Crippen LogP contribution in [0.2, 0.25) is 0 Å². The van der Waals surface area contributed by atoms with E-state index in [4.69, 9.17) is 31.1 Å². The van der Waals surface area contributed by atoms with Gasteiger partial charge in [-0.05, 0) is 32.3 Å². The zero-order valence-electron chi connectivity index (χ0n) is 10.3. The van der Waals surface area contributed by atoms with Crippen molar-refractivity contribution >= 4 is 36.0 Å². The van der Waals surface area contributed by atoms with Gasteiger partial charge < -0.3 is 10.3 Å². The fourth-order valence-corrected chi connectivity index (χ4v) is 3.89. The predicted octanol–water partition coefficient (Wildman–Crippen LogP) is 2.23. The number of nitrogens with two attached hydrogens (primary N) is 1. The van der Waals surface area contributed by atoms with Crippen LogP contribution in [-0.2, 0) is 20.9 Å². The van der Waals surface area contributed by atoms with Gasteiger partial charge in [0.1, 0.15) is 5.56 Å². The smallest absolute Gasteiger partial charge is 0.381 e. The van der Waals surface area contributed by atoms with Gasteiger partial charge in [0.25, 0.3) is 5.91 Å². The van der Waals surface area contributed by atoms with Crippen molar-refractivity contribution in [3.63, 3.8) is 0 Å². The van der Waals surface area contributed by atoms with Crippen molar-refractivity contribution in [3.8, 4) is 5.88 Å². The Morgan fingerprint density at radius 3 is 2.44 bits per heavy atom. The molecule has 1 amide bonds. The highest BCUT2D eigenvalue weighted by molar-refractivity contribution is 8.07. The third kappa shape index (κ3) is 3.73. The summed E-state index contributed by atoms with van der Waals surface area (Å²) in [6.07, 6.45) is 0. The molecule has 0 saturated heterocycles. The van der Waals surface area contributed by atoms with E-state index < -0.39 is 12.6 Å². The second kappa shape index (κ2) is 6.58. The molecule has 0 fully saturated rings. The summed E-state index contributed by atoms with van der Waals surface area (Å²) in [6.45, 7) is 3.08. The first-order chi connectivity index (χ1) is 8.43. The molecule has 18 heavy (non-hydrogen) atoms. The lowest BCUT2D eigenvalue weighted by Crippen LogP contribution is -2.13. The second-order valence-electron chi connectivity index (χ2n) is 3.16. The molecule has 102 valence electrons. The maximum absolute atomic E-state index is 11.3. The van der Waals surface area contributed by atoms with Crippen molar-refractivity contribution in [1.29, 1.82) is 0 Å². The van der Waals surface area contributed by atoms with Gasteiger partial charge in [-0.1, -0.05) is 0 Å². The first-order valence-corrected chi connectivity index (χ1v) is 8.61. The largest absolute Gasteiger partial charge is 0.404 e. The molecule has 0 aliphatic rings. The summed E-state index contributed by atoms with van der Waals surface area (Å²) < 4.78 is 20.1. The summed E-state index contributed by atoms with van der Waals surface area (Å²) in [5, 5.41) is 0. The quantitative estimate of drug-likeness (QED) is 0.778. The van der Waals surface area contributed by atoms with Gasteiger partial charge in [-0.15, -0.1) is 0 Å². The Balaban J connectivity index is 3.01. The van der Waals surface area contributed by atoms with Crippen molar-refractivity contribution in [2.45, 2.75) is 20.8 Å². The number of aryl methyl sites for hydroxylation is 1. The number of carbonyl (C=O) groups is 1. The number of hydrogen-bond acceptors (Lipinski definition) is 7. The topological polar surface area (TPSA) is 83.7 Å². The summed E-state index contributed by atoms with van der Waals surface area (Å²) >= 11 is 6.32. The van der Waals surface area contributed by atoms with Gasteiger partial charge in [-0.25, -0.2) is 0 Å². The lowest BCUT2D eigenvalue weighted by molar-refractivity contribution is 0.0998. The minimum Gasteiger partial charge on any atom is -0.404 e. The number of rotatable bonds is 7. The molecule has 0 unspecified atom stereocenters. The van der Waals surface area contributed by atoms with E-state index in [1.165, 1.54) is 0 Å².